The summed E-state index contributed by atoms with van der Waals surface area (Å²) in [6, 6.07) is 1.82. The number of aromatic carboxylic acids is 1. The van der Waals surface area contributed by atoms with Gasteiger partial charge in [0.15, 0.2) is 4.88 Å². The number of aryl methyl sites for hydroxylation is 1. The van der Waals surface area contributed by atoms with Crippen molar-refractivity contribution in [2.45, 2.75) is 39.8 Å². The van der Waals surface area contributed by atoms with Gasteiger partial charge in [0.05, 0.1) is 0 Å². The van der Waals surface area contributed by atoms with Gasteiger partial charge in [-0.25, -0.2) is 9.78 Å². The number of carboxylic acid groups (broad SMARTS) is 1. The molecule has 0 spiro atoms. The third-order valence-electron chi connectivity index (χ3n) is 2.98. The molecule has 20 heavy (non-hydrogen) atoms. The molecule has 5 nitrogen and oxygen atoms in total. The van der Waals surface area contributed by atoms with Gasteiger partial charge in [-0.2, -0.15) is 0 Å². The predicted octanol–water partition coefficient (Wildman–Crippen LogP) is 3.37. The number of carbonyl (C=O) groups is 1. The van der Waals surface area contributed by atoms with Gasteiger partial charge in [0.25, 0.3) is 0 Å². The average Bonchev–Trinajstić information content (AvgIpc) is 3.02. The van der Waals surface area contributed by atoms with Crippen molar-refractivity contribution >= 4 is 17.3 Å². The molecule has 0 unspecified atom stereocenters. The van der Waals surface area contributed by atoms with Gasteiger partial charge in [-0.05, 0) is 18.9 Å². The van der Waals surface area contributed by atoms with E-state index in [1.54, 1.807) is 6.20 Å². The second kappa shape index (κ2) is 6.09. The summed E-state index contributed by atoms with van der Waals surface area (Å²) in [5.41, 5.74) is 0. The summed E-state index contributed by atoms with van der Waals surface area (Å²) in [7, 11) is 0. The van der Waals surface area contributed by atoms with E-state index in [9.17, 15) is 9.90 Å². The Labute approximate surface area is 121 Å². The highest BCUT2D eigenvalue weighted by Crippen LogP contribution is 2.34. The third kappa shape index (κ3) is 3.01. The Morgan fingerprint density at radius 2 is 2.30 bits per heavy atom. The Bertz CT molecular complexity index is 601. The first-order valence-electron chi connectivity index (χ1n) is 6.52. The van der Waals surface area contributed by atoms with Gasteiger partial charge in [-0.1, -0.05) is 13.8 Å². The molecule has 0 aliphatic carbocycles. The van der Waals surface area contributed by atoms with Crippen molar-refractivity contribution in [1.29, 1.82) is 0 Å². The Kier molecular flexibility index (Phi) is 4.44. The Morgan fingerprint density at radius 3 is 2.90 bits per heavy atom. The minimum atomic E-state index is -0.948. The number of imidazole rings is 1. The molecule has 108 valence electrons. The fourth-order valence-corrected chi connectivity index (χ4v) is 2.79. The van der Waals surface area contributed by atoms with Crippen molar-refractivity contribution in [3.05, 3.63) is 34.0 Å². The molecule has 0 amide bonds. The van der Waals surface area contributed by atoms with E-state index in [2.05, 4.69) is 4.98 Å². The minimum Gasteiger partial charge on any atom is -0.484 e. The molecule has 6 heteroatoms. The Balaban J connectivity index is 2.18. The lowest BCUT2D eigenvalue weighted by atomic mass is 10.2. The summed E-state index contributed by atoms with van der Waals surface area (Å²) >= 11 is 1.27. The smallest absolute Gasteiger partial charge is 0.349 e. The topological polar surface area (TPSA) is 64.4 Å². The van der Waals surface area contributed by atoms with Gasteiger partial charge < -0.3 is 14.4 Å². The number of carboxylic acids is 1. The Hall–Kier alpha value is -1.82. The molecule has 0 atom stereocenters. The van der Waals surface area contributed by atoms with Crippen LogP contribution in [0.1, 0.15) is 47.1 Å². The van der Waals surface area contributed by atoms with Crippen molar-refractivity contribution in [1.82, 2.24) is 9.55 Å². The van der Waals surface area contributed by atoms with E-state index in [-0.39, 0.29) is 17.4 Å². The maximum Gasteiger partial charge on any atom is 0.349 e. The van der Waals surface area contributed by atoms with Gasteiger partial charge in [0, 0.05) is 23.8 Å². The van der Waals surface area contributed by atoms with Crippen LogP contribution < -0.4 is 4.74 Å². The number of thiophene rings is 1. The summed E-state index contributed by atoms with van der Waals surface area (Å²) in [4.78, 5) is 16.7. The maximum atomic E-state index is 11.3. The van der Waals surface area contributed by atoms with Crippen LogP contribution in [0.15, 0.2) is 18.5 Å². The van der Waals surface area contributed by atoms with Crippen LogP contribution >= 0.6 is 11.3 Å². The van der Waals surface area contributed by atoms with E-state index in [0.29, 0.717) is 5.75 Å². The summed E-state index contributed by atoms with van der Waals surface area (Å²) in [5, 5.41) is 9.23. The van der Waals surface area contributed by atoms with E-state index in [1.807, 2.05) is 37.6 Å². The number of nitrogens with zero attached hydrogens (tertiary/aromatic N) is 2. The van der Waals surface area contributed by atoms with Crippen LogP contribution in [0.2, 0.25) is 0 Å². The molecular weight excluding hydrogens is 276 g/mol. The average molecular weight is 294 g/mol. The van der Waals surface area contributed by atoms with E-state index < -0.39 is 5.97 Å². The van der Waals surface area contributed by atoms with Crippen LogP contribution in [0.3, 0.4) is 0 Å². The van der Waals surface area contributed by atoms with Gasteiger partial charge >= 0.3 is 5.97 Å². The van der Waals surface area contributed by atoms with E-state index in [0.717, 1.165) is 17.2 Å². The molecule has 0 bridgehead atoms. The van der Waals surface area contributed by atoms with Crippen LogP contribution in [0, 0.1) is 0 Å². The number of ether oxygens (including phenoxy) is 1. The monoisotopic (exact) mass is 294 g/mol. The second-order valence-corrected chi connectivity index (χ2v) is 5.80. The third-order valence-corrected chi connectivity index (χ3v) is 4.38. The zero-order valence-corrected chi connectivity index (χ0v) is 12.6. The molecule has 2 aromatic heterocycles. The van der Waals surface area contributed by atoms with Crippen molar-refractivity contribution in [2.75, 3.05) is 0 Å². The van der Waals surface area contributed by atoms with Crippen LogP contribution in [0.25, 0.3) is 0 Å². The minimum absolute atomic E-state index is 0.253. The van der Waals surface area contributed by atoms with Crippen LogP contribution in [0.4, 0.5) is 0 Å². The molecule has 0 saturated carbocycles. The van der Waals surface area contributed by atoms with Gasteiger partial charge in [0.1, 0.15) is 18.2 Å². The largest absolute Gasteiger partial charge is 0.484 e. The zero-order chi connectivity index (χ0) is 14.7. The first-order chi connectivity index (χ1) is 9.52. The summed E-state index contributed by atoms with van der Waals surface area (Å²) in [6.07, 6.45) is 3.59. The molecule has 0 aliphatic heterocycles. The van der Waals surface area contributed by atoms with E-state index in [4.69, 9.17) is 4.74 Å². The standard InChI is InChI=1S/C14H18N2O3S/c1-4-16-6-5-15-12(16)8-19-10-7-11(9(2)3)20-13(10)14(17)18/h5-7,9H,4,8H2,1-3H3,(H,17,18). The molecule has 0 aliphatic rings. The highest BCUT2D eigenvalue weighted by atomic mass is 32.1. The molecule has 1 N–H and O–H groups in total. The van der Waals surface area contributed by atoms with E-state index in [1.165, 1.54) is 11.3 Å². The predicted molar refractivity (Wildman–Crippen MR) is 77.6 cm³/mol. The first kappa shape index (κ1) is 14.6. The quantitative estimate of drug-likeness (QED) is 0.887. The van der Waals surface area contributed by atoms with Crippen molar-refractivity contribution in [3.8, 4) is 5.75 Å². The van der Waals surface area contributed by atoms with Crippen molar-refractivity contribution in [3.63, 3.8) is 0 Å². The summed E-state index contributed by atoms with van der Waals surface area (Å²) in [6.45, 7) is 7.17. The van der Waals surface area contributed by atoms with Gasteiger partial charge in [-0.3, -0.25) is 0 Å². The van der Waals surface area contributed by atoms with Crippen LogP contribution in [0.5, 0.6) is 5.75 Å². The molecule has 0 radical (unpaired) electrons. The summed E-state index contributed by atoms with van der Waals surface area (Å²) in [5.74, 6) is 0.557. The highest BCUT2D eigenvalue weighted by molar-refractivity contribution is 7.14. The Morgan fingerprint density at radius 1 is 1.55 bits per heavy atom. The second-order valence-electron chi connectivity index (χ2n) is 4.72. The molecule has 2 rings (SSSR count). The normalized spacial score (nSPS) is 11.0. The van der Waals surface area contributed by atoms with Gasteiger partial charge in [0.2, 0.25) is 0 Å². The highest BCUT2D eigenvalue weighted by Gasteiger charge is 2.18. The van der Waals surface area contributed by atoms with Crippen LogP contribution in [-0.2, 0) is 13.2 Å². The SMILES string of the molecule is CCn1ccnc1COc1cc(C(C)C)sc1C(=O)O. The number of hydrogen-bond donors (Lipinski definition) is 1. The first-order valence-corrected chi connectivity index (χ1v) is 7.34. The molecule has 0 fully saturated rings. The lowest BCUT2D eigenvalue weighted by Crippen LogP contribution is -2.06. The van der Waals surface area contributed by atoms with Crippen LogP contribution in [-0.4, -0.2) is 20.6 Å². The number of hydrogen-bond acceptors (Lipinski definition) is 4. The zero-order valence-electron chi connectivity index (χ0n) is 11.8. The maximum absolute atomic E-state index is 11.3. The van der Waals surface area contributed by atoms with E-state index >= 15 is 0 Å². The lowest BCUT2D eigenvalue weighted by Gasteiger charge is -2.07. The molecule has 0 saturated heterocycles. The lowest BCUT2D eigenvalue weighted by molar-refractivity contribution is 0.0697. The fourth-order valence-electron chi connectivity index (χ4n) is 1.84. The molecule has 2 heterocycles. The molecule has 0 aromatic carbocycles. The fraction of sp³-hybridized carbons (Fsp3) is 0.429. The summed E-state index contributed by atoms with van der Waals surface area (Å²) < 4.78 is 7.63. The molecular formula is C14H18N2O3S. The van der Waals surface area contributed by atoms with Crippen molar-refractivity contribution < 1.29 is 14.6 Å². The number of aromatic nitrogens is 2. The number of rotatable bonds is 6. The van der Waals surface area contributed by atoms with Crippen molar-refractivity contribution in [2.24, 2.45) is 0 Å². The molecule has 2 aromatic rings. The van der Waals surface area contributed by atoms with Gasteiger partial charge in [-0.15, -0.1) is 11.3 Å².